The molecule has 0 aromatic heterocycles. The number of esters is 1. The van der Waals surface area contributed by atoms with Crippen molar-refractivity contribution < 1.29 is 37.0 Å². The van der Waals surface area contributed by atoms with Crippen LogP contribution in [0.15, 0.2) is 84.9 Å². The number of phenols is 1. The van der Waals surface area contributed by atoms with E-state index in [1.54, 1.807) is 30.3 Å². The van der Waals surface area contributed by atoms with Gasteiger partial charge in [0, 0.05) is 0 Å². The Kier molecular flexibility index (Phi) is 8.44. The van der Waals surface area contributed by atoms with E-state index < -0.39 is 35.5 Å². The van der Waals surface area contributed by atoms with E-state index in [2.05, 4.69) is 5.32 Å². The number of phenolic OH excluding ortho intramolecular Hbond substituents is 1. The molecule has 206 valence electrons. The van der Waals surface area contributed by atoms with Crippen LogP contribution in [0.1, 0.15) is 33.9 Å². The molecule has 5 nitrogen and oxygen atoms in total. The largest absolute Gasteiger partial charge is 0.507 e. The van der Waals surface area contributed by atoms with Crippen LogP contribution < -0.4 is 5.32 Å². The van der Waals surface area contributed by atoms with E-state index in [0.29, 0.717) is 27.8 Å². The minimum atomic E-state index is -4.44. The Hall–Kier alpha value is -4.37. The van der Waals surface area contributed by atoms with Crippen LogP contribution in [0, 0.1) is 5.82 Å². The molecule has 0 heterocycles. The molecule has 1 atom stereocenters. The van der Waals surface area contributed by atoms with Crippen molar-refractivity contribution >= 4 is 23.5 Å². The van der Waals surface area contributed by atoms with Crippen molar-refractivity contribution in [3.8, 4) is 28.0 Å². The van der Waals surface area contributed by atoms with E-state index in [1.807, 2.05) is 0 Å². The molecule has 0 fully saturated rings. The van der Waals surface area contributed by atoms with E-state index in [1.165, 1.54) is 49.6 Å². The lowest BCUT2D eigenvalue weighted by molar-refractivity contribution is -0.141. The Morgan fingerprint density at radius 1 is 0.875 bits per heavy atom. The van der Waals surface area contributed by atoms with E-state index in [9.17, 15) is 32.3 Å². The van der Waals surface area contributed by atoms with Crippen molar-refractivity contribution in [2.24, 2.45) is 0 Å². The molecule has 0 bridgehead atoms. The summed E-state index contributed by atoms with van der Waals surface area (Å²) >= 11 is 5.88. The molecule has 4 aromatic carbocycles. The van der Waals surface area contributed by atoms with Gasteiger partial charge in [0.05, 0.1) is 35.7 Å². The molecule has 0 saturated heterocycles. The van der Waals surface area contributed by atoms with Crippen molar-refractivity contribution in [2.45, 2.75) is 18.6 Å². The summed E-state index contributed by atoms with van der Waals surface area (Å²) in [5.74, 6) is -2.20. The van der Waals surface area contributed by atoms with Crippen LogP contribution in [0.3, 0.4) is 0 Å². The quantitative estimate of drug-likeness (QED) is 0.177. The smallest absolute Gasteiger partial charge is 0.416 e. The zero-order valence-electron chi connectivity index (χ0n) is 20.9. The number of benzene rings is 4. The minimum absolute atomic E-state index is 0.0887. The first-order valence-corrected chi connectivity index (χ1v) is 12.3. The van der Waals surface area contributed by atoms with Crippen LogP contribution in [0.25, 0.3) is 22.3 Å². The van der Waals surface area contributed by atoms with Gasteiger partial charge in [-0.25, -0.2) is 4.39 Å². The molecule has 4 aromatic rings. The SMILES string of the molecule is COC(=O)CC(NC(=O)c1cc(-c2ccc(F)c(Cl)c2)ccc1O)c1ccc(-c2ccc(C(F)(F)F)cc2)cc1. The second-order valence-corrected chi connectivity index (χ2v) is 9.27. The second kappa shape index (κ2) is 11.8. The minimum Gasteiger partial charge on any atom is -0.507 e. The lowest BCUT2D eigenvalue weighted by Crippen LogP contribution is -2.30. The Bertz CT molecular complexity index is 1540. The second-order valence-electron chi connectivity index (χ2n) is 8.86. The van der Waals surface area contributed by atoms with E-state index in [-0.39, 0.29) is 22.8 Å². The van der Waals surface area contributed by atoms with Gasteiger partial charge in [0.15, 0.2) is 0 Å². The molecule has 1 amide bonds. The monoisotopic (exact) mass is 571 g/mol. The Labute approximate surface area is 232 Å². The summed E-state index contributed by atoms with van der Waals surface area (Å²) in [7, 11) is 1.21. The number of hydrogen-bond donors (Lipinski definition) is 2. The van der Waals surface area contributed by atoms with Crippen LogP contribution in [0.5, 0.6) is 5.75 Å². The first-order chi connectivity index (χ1) is 19.0. The lowest BCUT2D eigenvalue weighted by atomic mass is 9.97. The topological polar surface area (TPSA) is 75.6 Å². The average molecular weight is 572 g/mol. The number of amides is 1. The number of ether oxygens (including phenoxy) is 1. The van der Waals surface area contributed by atoms with Crippen LogP contribution in [-0.4, -0.2) is 24.1 Å². The zero-order chi connectivity index (χ0) is 29.0. The number of rotatable bonds is 7. The number of methoxy groups -OCH3 is 1. The van der Waals surface area contributed by atoms with Gasteiger partial charge in [-0.15, -0.1) is 0 Å². The van der Waals surface area contributed by atoms with Crippen LogP contribution in [-0.2, 0) is 15.7 Å². The molecular formula is C30H22ClF4NO4. The average Bonchev–Trinajstić information content (AvgIpc) is 2.94. The maximum absolute atomic E-state index is 13.6. The highest BCUT2D eigenvalue weighted by Gasteiger charge is 2.30. The number of carbonyl (C=O) groups is 2. The van der Waals surface area contributed by atoms with Crippen LogP contribution in [0.2, 0.25) is 5.02 Å². The third-order valence-electron chi connectivity index (χ3n) is 6.26. The molecule has 4 rings (SSSR count). The fourth-order valence-corrected chi connectivity index (χ4v) is 4.25. The van der Waals surface area contributed by atoms with E-state index in [0.717, 1.165) is 12.1 Å². The predicted molar refractivity (Wildman–Crippen MR) is 142 cm³/mol. The highest BCUT2D eigenvalue weighted by Crippen LogP contribution is 2.32. The van der Waals surface area contributed by atoms with Gasteiger partial charge < -0.3 is 15.2 Å². The number of halogens is 5. The van der Waals surface area contributed by atoms with Crippen molar-refractivity contribution in [3.63, 3.8) is 0 Å². The summed E-state index contributed by atoms with van der Waals surface area (Å²) < 4.78 is 57.0. The third-order valence-corrected chi connectivity index (χ3v) is 6.55. The first-order valence-electron chi connectivity index (χ1n) is 11.9. The predicted octanol–water partition coefficient (Wildman–Crippen LogP) is 7.57. The van der Waals surface area contributed by atoms with Crippen molar-refractivity contribution in [1.29, 1.82) is 0 Å². The summed E-state index contributed by atoms with van der Waals surface area (Å²) in [6.45, 7) is 0. The Morgan fingerprint density at radius 2 is 1.43 bits per heavy atom. The van der Waals surface area contributed by atoms with Gasteiger partial charge in [0.1, 0.15) is 11.6 Å². The van der Waals surface area contributed by atoms with Gasteiger partial charge in [-0.3, -0.25) is 9.59 Å². The van der Waals surface area contributed by atoms with Crippen molar-refractivity contribution in [3.05, 3.63) is 112 Å². The highest BCUT2D eigenvalue weighted by atomic mass is 35.5. The lowest BCUT2D eigenvalue weighted by Gasteiger charge is -2.19. The molecule has 0 spiro atoms. The fourth-order valence-electron chi connectivity index (χ4n) is 4.07. The standard InChI is InChI=1S/C30H22ClF4NO4/c1-40-28(38)16-26(19-4-2-17(3-5-19)18-6-10-22(11-7-18)30(33,34)35)36-29(39)23-14-20(9-13-27(23)37)21-8-12-25(32)24(31)15-21/h2-15,26,37H,16H2,1H3,(H,36,39). The number of aromatic hydroxyl groups is 1. The Balaban J connectivity index is 1.59. The zero-order valence-corrected chi connectivity index (χ0v) is 21.7. The maximum Gasteiger partial charge on any atom is 0.416 e. The van der Waals surface area contributed by atoms with Crippen LogP contribution >= 0.6 is 11.6 Å². The van der Waals surface area contributed by atoms with Crippen LogP contribution in [0.4, 0.5) is 17.6 Å². The summed E-state index contributed by atoms with van der Waals surface area (Å²) in [6.07, 6.45) is -4.67. The fraction of sp³-hybridized carbons (Fsp3) is 0.133. The molecule has 0 radical (unpaired) electrons. The molecule has 40 heavy (non-hydrogen) atoms. The highest BCUT2D eigenvalue weighted by molar-refractivity contribution is 6.31. The van der Waals surface area contributed by atoms with Crippen molar-refractivity contribution in [2.75, 3.05) is 7.11 Å². The molecule has 0 aliphatic heterocycles. The number of alkyl halides is 3. The van der Waals surface area contributed by atoms with E-state index in [4.69, 9.17) is 16.3 Å². The molecule has 0 aliphatic rings. The third kappa shape index (κ3) is 6.60. The molecule has 2 N–H and O–H groups in total. The molecular weight excluding hydrogens is 550 g/mol. The molecule has 10 heteroatoms. The van der Waals surface area contributed by atoms with Crippen molar-refractivity contribution in [1.82, 2.24) is 5.32 Å². The van der Waals surface area contributed by atoms with Gasteiger partial charge in [-0.1, -0.05) is 60.1 Å². The normalized spacial score (nSPS) is 12.1. The molecule has 0 aliphatic carbocycles. The maximum atomic E-state index is 13.6. The van der Waals surface area contributed by atoms with Gasteiger partial charge in [-0.05, 0) is 64.2 Å². The number of hydrogen-bond acceptors (Lipinski definition) is 4. The van der Waals surface area contributed by atoms with Gasteiger partial charge in [0.25, 0.3) is 5.91 Å². The molecule has 0 saturated carbocycles. The number of carbonyl (C=O) groups excluding carboxylic acids is 2. The summed E-state index contributed by atoms with van der Waals surface area (Å²) in [5.41, 5.74) is 1.87. The number of nitrogens with one attached hydrogen (secondary N) is 1. The van der Waals surface area contributed by atoms with Gasteiger partial charge >= 0.3 is 12.1 Å². The summed E-state index contributed by atoms with van der Waals surface area (Å²) in [6, 6.07) is 18.8. The summed E-state index contributed by atoms with van der Waals surface area (Å²) in [5, 5.41) is 13.0. The van der Waals surface area contributed by atoms with Gasteiger partial charge in [0.2, 0.25) is 0 Å². The summed E-state index contributed by atoms with van der Waals surface area (Å²) in [4.78, 5) is 25.3. The van der Waals surface area contributed by atoms with E-state index >= 15 is 0 Å². The molecule has 1 unspecified atom stereocenters. The van der Waals surface area contributed by atoms with Gasteiger partial charge in [-0.2, -0.15) is 13.2 Å². The first kappa shape index (κ1) is 28.6. The Morgan fingerprint density at radius 3 is 2.00 bits per heavy atom.